The molecule has 2 amide bonds. The van der Waals surface area contributed by atoms with E-state index in [2.05, 4.69) is 5.32 Å². The number of benzene rings is 2. The highest BCUT2D eigenvalue weighted by Gasteiger charge is 2.22. The molecule has 142 valence electrons. The maximum Gasteiger partial charge on any atom is 0.256 e. The fourth-order valence-electron chi connectivity index (χ4n) is 3.41. The molecule has 1 aliphatic rings. The lowest BCUT2D eigenvalue weighted by Crippen LogP contribution is -2.39. The van der Waals surface area contributed by atoms with Crippen LogP contribution in [0.1, 0.15) is 42.5 Å². The molecule has 1 fully saturated rings. The van der Waals surface area contributed by atoms with E-state index in [1.54, 1.807) is 6.07 Å². The lowest BCUT2D eigenvalue weighted by Gasteiger charge is -2.31. The van der Waals surface area contributed by atoms with E-state index >= 15 is 0 Å². The minimum atomic E-state index is -0.155. The third-order valence-corrected chi connectivity index (χ3v) is 6.09. The first-order chi connectivity index (χ1) is 13.1. The molecule has 0 bridgehead atoms. The number of nitrogens with one attached hydrogen (secondary N) is 1. The maximum absolute atomic E-state index is 12.6. The van der Waals surface area contributed by atoms with Crippen LogP contribution < -0.4 is 5.32 Å². The summed E-state index contributed by atoms with van der Waals surface area (Å²) >= 11 is 1.43. The summed E-state index contributed by atoms with van der Waals surface area (Å²) in [7, 11) is 1.91. The maximum atomic E-state index is 12.6. The number of hydrogen-bond donors (Lipinski definition) is 1. The van der Waals surface area contributed by atoms with Crippen molar-refractivity contribution in [3.63, 3.8) is 0 Å². The molecule has 27 heavy (non-hydrogen) atoms. The first-order valence-electron chi connectivity index (χ1n) is 9.49. The molecule has 3 rings (SSSR count). The molecule has 1 saturated carbocycles. The number of hydrogen-bond acceptors (Lipinski definition) is 3. The molecule has 2 aromatic carbocycles. The van der Waals surface area contributed by atoms with Gasteiger partial charge in [0.15, 0.2) is 0 Å². The second-order valence-corrected chi connectivity index (χ2v) is 7.92. The van der Waals surface area contributed by atoms with Crippen LogP contribution >= 0.6 is 11.8 Å². The summed E-state index contributed by atoms with van der Waals surface area (Å²) in [6.07, 6.45) is 5.89. The standard InChI is InChI=1S/C22H26N2O2S/c1-24(18-12-6-3-7-13-18)21(25)16-27-20-15-9-8-14-19(20)22(26)23-17-10-4-2-5-11-17/h2,4-5,8-11,14-15,18H,3,6-7,12-13,16H2,1H3,(H,23,26). The van der Waals surface area contributed by atoms with Gasteiger partial charge in [-0.2, -0.15) is 0 Å². The van der Waals surface area contributed by atoms with Crippen LogP contribution in [0.5, 0.6) is 0 Å². The van der Waals surface area contributed by atoms with Gasteiger partial charge in [-0.1, -0.05) is 49.6 Å². The lowest BCUT2D eigenvalue weighted by molar-refractivity contribution is -0.129. The molecule has 0 radical (unpaired) electrons. The molecule has 0 heterocycles. The molecule has 0 aliphatic heterocycles. The molecule has 0 aromatic heterocycles. The number of rotatable bonds is 6. The highest BCUT2D eigenvalue weighted by atomic mass is 32.2. The van der Waals surface area contributed by atoms with Gasteiger partial charge < -0.3 is 10.2 Å². The summed E-state index contributed by atoms with van der Waals surface area (Å²) in [5, 5.41) is 2.91. The Morgan fingerprint density at radius 3 is 2.41 bits per heavy atom. The van der Waals surface area contributed by atoms with E-state index in [0.29, 0.717) is 17.4 Å². The van der Waals surface area contributed by atoms with Crippen LogP contribution in [0.3, 0.4) is 0 Å². The van der Waals surface area contributed by atoms with Crippen LogP contribution in [0.2, 0.25) is 0 Å². The first kappa shape index (κ1) is 19.5. The van der Waals surface area contributed by atoms with Gasteiger partial charge in [-0.05, 0) is 37.1 Å². The van der Waals surface area contributed by atoms with Crippen molar-refractivity contribution in [3.8, 4) is 0 Å². The smallest absolute Gasteiger partial charge is 0.256 e. The summed E-state index contributed by atoms with van der Waals surface area (Å²) in [5.74, 6) is 0.324. The molecule has 0 spiro atoms. The summed E-state index contributed by atoms with van der Waals surface area (Å²) in [6.45, 7) is 0. The van der Waals surface area contributed by atoms with Crippen molar-refractivity contribution in [3.05, 3.63) is 60.2 Å². The largest absolute Gasteiger partial charge is 0.342 e. The zero-order valence-corrected chi connectivity index (χ0v) is 16.5. The monoisotopic (exact) mass is 382 g/mol. The van der Waals surface area contributed by atoms with E-state index in [1.807, 2.05) is 60.5 Å². The molecule has 1 N–H and O–H groups in total. The van der Waals surface area contributed by atoms with Crippen molar-refractivity contribution in [2.75, 3.05) is 18.1 Å². The Kier molecular flexibility index (Phi) is 6.93. The van der Waals surface area contributed by atoms with E-state index in [1.165, 1.54) is 31.0 Å². The molecule has 1 aliphatic carbocycles. The summed E-state index contributed by atoms with van der Waals surface area (Å²) in [6, 6.07) is 17.2. The van der Waals surface area contributed by atoms with Crippen LogP contribution in [0.15, 0.2) is 59.5 Å². The number of carbonyl (C=O) groups is 2. The van der Waals surface area contributed by atoms with Gasteiger partial charge in [0.05, 0.1) is 11.3 Å². The third-order valence-electron chi connectivity index (χ3n) is 5.03. The Bertz CT molecular complexity index is 773. The SMILES string of the molecule is CN(C(=O)CSc1ccccc1C(=O)Nc1ccccc1)C1CCCCC1. The van der Waals surface area contributed by atoms with Gasteiger partial charge in [0.25, 0.3) is 5.91 Å². The molecule has 4 nitrogen and oxygen atoms in total. The number of amides is 2. The predicted octanol–water partition coefficient (Wildman–Crippen LogP) is 4.82. The van der Waals surface area contributed by atoms with Crippen molar-refractivity contribution in [2.24, 2.45) is 0 Å². The van der Waals surface area contributed by atoms with Gasteiger partial charge >= 0.3 is 0 Å². The predicted molar refractivity (Wildman–Crippen MR) is 111 cm³/mol. The lowest BCUT2D eigenvalue weighted by atomic mass is 9.94. The van der Waals surface area contributed by atoms with Gasteiger partial charge in [-0.15, -0.1) is 11.8 Å². The van der Waals surface area contributed by atoms with E-state index in [4.69, 9.17) is 0 Å². The Balaban J connectivity index is 1.62. The van der Waals surface area contributed by atoms with Crippen LogP contribution in [0.4, 0.5) is 5.69 Å². The molecular weight excluding hydrogens is 356 g/mol. The highest BCUT2D eigenvalue weighted by Crippen LogP contribution is 2.26. The van der Waals surface area contributed by atoms with Crippen LogP contribution in [0.25, 0.3) is 0 Å². The highest BCUT2D eigenvalue weighted by molar-refractivity contribution is 8.00. The molecule has 2 aromatic rings. The van der Waals surface area contributed by atoms with Crippen molar-refractivity contribution < 1.29 is 9.59 Å². The van der Waals surface area contributed by atoms with E-state index in [9.17, 15) is 9.59 Å². The Hall–Kier alpha value is -2.27. The van der Waals surface area contributed by atoms with E-state index < -0.39 is 0 Å². The third kappa shape index (κ3) is 5.36. The second-order valence-electron chi connectivity index (χ2n) is 6.90. The normalized spacial score (nSPS) is 14.6. The quantitative estimate of drug-likeness (QED) is 0.729. The van der Waals surface area contributed by atoms with Gasteiger partial charge in [0, 0.05) is 23.7 Å². The zero-order chi connectivity index (χ0) is 19.1. The van der Waals surface area contributed by atoms with Crippen molar-refractivity contribution in [1.29, 1.82) is 0 Å². The summed E-state index contributed by atoms with van der Waals surface area (Å²) in [5.41, 5.74) is 1.36. The second kappa shape index (κ2) is 9.60. The molecule has 0 atom stereocenters. The molecule has 5 heteroatoms. The van der Waals surface area contributed by atoms with Crippen LogP contribution in [0, 0.1) is 0 Å². The average molecular weight is 383 g/mol. The average Bonchev–Trinajstić information content (AvgIpc) is 2.73. The van der Waals surface area contributed by atoms with Crippen molar-refractivity contribution in [2.45, 2.75) is 43.0 Å². The van der Waals surface area contributed by atoms with Crippen molar-refractivity contribution in [1.82, 2.24) is 4.90 Å². The fraction of sp³-hybridized carbons (Fsp3) is 0.364. The number of anilines is 1. The number of thioether (sulfide) groups is 1. The molecule has 0 unspecified atom stereocenters. The van der Waals surface area contributed by atoms with Crippen LogP contribution in [-0.4, -0.2) is 35.6 Å². The van der Waals surface area contributed by atoms with E-state index in [-0.39, 0.29) is 11.8 Å². The van der Waals surface area contributed by atoms with Gasteiger partial charge in [-0.3, -0.25) is 9.59 Å². The van der Waals surface area contributed by atoms with Gasteiger partial charge in [0.2, 0.25) is 5.91 Å². The summed E-state index contributed by atoms with van der Waals surface area (Å²) in [4.78, 5) is 28.0. The Labute approximate surface area is 165 Å². The first-order valence-corrected chi connectivity index (χ1v) is 10.5. The van der Waals surface area contributed by atoms with Crippen molar-refractivity contribution >= 4 is 29.3 Å². The molecular formula is C22H26N2O2S. The minimum Gasteiger partial charge on any atom is -0.342 e. The molecule has 0 saturated heterocycles. The minimum absolute atomic E-state index is 0.130. The van der Waals surface area contributed by atoms with Gasteiger partial charge in [0.1, 0.15) is 0 Å². The number of nitrogens with zero attached hydrogens (tertiary/aromatic N) is 1. The number of carbonyl (C=O) groups excluding carboxylic acids is 2. The number of para-hydroxylation sites is 1. The fourth-order valence-corrected chi connectivity index (χ4v) is 4.39. The summed E-state index contributed by atoms with van der Waals surface area (Å²) < 4.78 is 0. The topological polar surface area (TPSA) is 49.4 Å². The van der Waals surface area contributed by atoms with Gasteiger partial charge in [-0.25, -0.2) is 0 Å². The zero-order valence-electron chi connectivity index (χ0n) is 15.7. The Morgan fingerprint density at radius 2 is 1.67 bits per heavy atom. The van der Waals surface area contributed by atoms with E-state index in [0.717, 1.165) is 23.4 Å². The van der Waals surface area contributed by atoms with Crippen LogP contribution in [-0.2, 0) is 4.79 Å². The Morgan fingerprint density at radius 1 is 1.00 bits per heavy atom.